The predicted octanol–water partition coefficient (Wildman–Crippen LogP) is 5.63. The number of aromatic nitrogens is 2. The van der Waals surface area contributed by atoms with Crippen LogP contribution in [0.4, 0.5) is 0 Å². The average Bonchev–Trinajstić information content (AvgIpc) is 2.84. The Hall–Kier alpha value is -0.350. The van der Waals surface area contributed by atoms with Gasteiger partial charge in [-0.25, -0.2) is 0 Å². The third kappa shape index (κ3) is 6.11. The fourth-order valence-corrected chi connectivity index (χ4v) is 3.24. The summed E-state index contributed by atoms with van der Waals surface area (Å²) < 4.78 is 3.29. The molecule has 0 aliphatic rings. The molecule has 21 heavy (non-hydrogen) atoms. The summed E-state index contributed by atoms with van der Waals surface area (Å²) in [5.74, 6) is 0. The van der Waals surface area contributed by atoms with E-state index in [4.69, 9.17) is 0 Å². The van der Waals surface area contributed by atoms with Crippen molar-refractivity contribution in [3.63, 3.8) is 0 Å². The molecule has 1 unspecified atom stereocenters. The Kier molecular flexibility index (Phi) is 9.25. The maximum Gasteiger partial charge on any atom is 0.0698 e. The molecule has 0 fully saturated rings. The maximum atomic E-state index is 4.53. The van der Waals surface area contributed by atoms with Crippen LogP contribution in [0, 0.1) is 0 Å². The molecule has 0 aromatic carbocycles. The Morgan fingerprint density at radius 2 is 1.86 bits per heavy atom. The molecule has 0 bridgehead atoms. The van der Waals surface area contributed by atoms with Gasteiger partial charge in [-0.05, 0) is 49.2 Å². The van der Waals surface area contributed by atoms with Crippen LogP contribution in [0.2, 0.25) is 0 Å². The van der Waals surface area contributed by atoms with Gasteiger partial charge >= 0.3 is 0 Å². The molecule has 4 heteroatoms. The summed E-state index contributed by atoms with van der Waals surface area (Å²) in [5.41, 5.74) is 1.31. The van der Waals surface area contributed by atoms with Crippen LogP contribution in [0.25, 0.3) is 0 Å². The number of nitrogens with one attached hydrogen (secondary N) is 1. The van der Waals surface area contributed by atoms with Gasteiger partial charge in [0.25, 0.3) is 0 Å². The second kappa shape index (κ2) is 10.4. The van der Waals surface area contributed by atoms with Crippen LogP contribution >= 0.6 is 15.9 Å². The Morgan fingerprint density at radius 1 is 1.14 bits per heavy atom. The Morgan fingerprint density at radius 3 is 2.48 bits per heavy atom. The van der Waals surface area contributed by atoms with Crippen LogP contribution in [-0.2, 0) is 0 Å². The van der Waals surface area contributed by atoms with Crippen molar-refractivity contribution >= 4 is 15.9 Å². The Balaban J connectivity index is 2.70. The van der Waals surface area contributed by atoms with Crippen molar-refractivity contribution in [2.24, 2.45) is 0 Å². The van der Waals surface area contributed by atoms with Crippen LogP contribution < -0.4 is 5.32 Å². The van der Waals surface area contributed by atoms with Crippen molar-refractivity contribution in [2.75, 3.05) is 6.54 Å². The molecule has 3 nitrogen and oxygen atoms in total. The minimum atomic E-state index is 0.400. The van der Waals surface area contributed by atoms with Crippen LogP contribution in [0.1, 0.15) is 90.4 Å². The number of hydrogen-bond donors (Lipinski definition) is 1. The highest BCUT2D eigenvalue weighted by atomic mass is 79.9. The second-order valence-corrected chi connectivity index (χ2v) is 6.98. The summed E-state index contributed by atoms with van der Waals surface area (Å²) in [6.45, 7) is 9.95. The summed E-state index contributed by atoms with van der Waals surface area (Å²) in [6.07, 6.45) is 11.0. The predicted molar refractivity (Wildman–Crippen MR) is 94.7 cm³/mol. The molecule has 1 aromatic rings. The zero-order chi connectivity index (χ0) is 15.7. The Bertz CT molecular complexity index is 387. The molecule has 0 saturated carbocycles. The first-order chi connectivity index (χ1) is 10.1. The molecule has 1 N–H and O–H groups in total. The van der Waals surface area contributed by atoms with E-state index in [1.165, 1.54) is 50.6 Å². The van der Waals surface area contributed by atoms with Crippen LogP contribution in [-0.4, -0.2) is 16.3 Å². The van der Waals surface area contributed by atoms with Gasteiger partial charge in [-0.2, -0.15) is 5.10 Å². The molecule has 1 heterocycles. The standard InChI is InChI=1S/C17H32BrN3/c1-5-7-8-9-10-11-16(19-12-6-2)17-15(18)13-20-21(17)14(3)4/h13-14,16,19H,5-12H2,1-4H3. The monoisotopic (exact) mass is 357 g/mol. The summed E-state index contributed by atoms with van der Waals surface area (Å²) in [7, 11) is 0. The number of nitrogens with zero attached hydrogens (tertiary/aromatic N) is 2. The van der Waals surface area contributed by atoms with E-state index in [-0.39, 0.29) is 0 Å². The normalized spacial score (nSPS) is 13.0. The van der Waals surface area contributed by atoms with Crippen molar-refractivity contribution < 1.29 is 0 Å². The van der Waals surface area contributed by atoms with Crippen LogP contribution in [0.5, 0.6) is 0 Å². The van der Waals surface area contributed by atoms with E-state index in [0.717, 1.165) is 11.0 Å². The largest absolute Gasteiger partial charge is 0.309 e. The third-order valence-corrected chi connectivity index (χ3v) is 4.45. The van der Waals surface area contributed by atoms with E-state index in [0.29, 0.717) is 12.1 Å². The van der Waals surface area contributed by atoms with Gasteiger partial charge < -0.3 is 5.32 Å². The minimum absolute atomic E-state index is 0.400. The molecule has 0 aliphatic heterocycles. The fraction of sp³-hybridized carbons (Fsp3) is 0.824. The lowest BCUT2D eigenvalue weighted by Crippen LogP contribution is -2.26. The van der Waals surface area contributed by atoms with Crippen LogP contribution in [0.15, 0.2) is 10.7 Å². The van der Waals surface area contributed by atoms with Gasteiger partial charge in [0.15, 0.2) is 0 Å². The van der Waals surface area contributed by atoms with E-state index in [1.54, 1.807) is 0 Å². The van der Waals surface area contributed by atoms with E-state index in [2.05, 4.69) is 58.7 Å². The highest BCUT2D eigenvalue weighted by Gasteiger charge is 2.20. The third-order valence-electron chi connectivity index (χ3n) is 3.84. The molecule has 1 atom stereocenters. The first-order valence-corrected chi connectivity index (χ1v) is 9.37. The van der Waals surface area contributed by atoms with Gasteiger partial charge in [-0.15, -0.1) is 0 Å². The first-order valence-electron chi connectivity index (χ1n) is 8.58. The van der Waals surface area contributed by atoms with E-state index in [1.807, 2.05) is 6.20 Å². The molecule has 122 valence electrons. The molecule has 0 amide bonds. The summed E-state index contributed by atoms with van der Waals surface area (Å²) >= 11 is 3.69. The Labute approximate surface area is 139 Å². The van der Waals surface area contributed by atoms with Gasteiger partial charge in [0.1, 0.15) is 0 Å². The first kappa shape index (κ1) is 18.7. The summed E-state index contributed by atoms with van der Waals surface area (Å²) in [4.78, 5) is 0. The van der Waals surface area contributed by atoms with Gasteiger partial charge in [0, 0.05) is 6.04 Å². The maximum absolute atomic E-state index is 4.53. The molecule has 0 spiro atoms. The molecule has 1 rings (SSSR count). The zero-order valence-electron chi connectivity index (χ0n) is 14.2. The molecule has 0 aliphatic carbocycles. The SMILES string of the molecule is CCCCCCCC(NCCC)c1c(Br)cnn1C(C)C. The summed E-state index contributed by atoms with van der Waals surface area (Å²) in [5, 5.41) is 8.24. The quantitative estimate of drug-likeness (QED) is 0.520. The number of rotatable bonds is 11. The molecular weight excluding hydrogens is 326 g/mol. The highest BCUT2D eigenvalue weighted by molar-refractivity contribution is 9.10. The van der Waals surface area contributed by atoms with Crippen molar-refractivity contribution in [3.8, 4) is 0 Å². The molecule has 1 aromatic heterocycles. The van der Waals surface area contributed by atoms with E-state index < -0.39 is 0 Å². The van der Waals surface area contributed by atoms with Crippen LogP contribution in [0.3, 0.4) is 0 Å². The highest BCUT2D eigenvalue weighted by Crippen LogP contribution is 2.29. The average molecular weight is 358 g/mol. The minimum Gasteiger partial charge on any atom is -0.309 e. The number of unbranched alkanes of at least 4 members (excludes halogenated alkanes) is 4. The van der Waals surface area contributed by atoms with Crippen molar-refractivity contribution in [2.45, 2.75) is 84.7 Å². The van der Waals surface area contributed by atoms with Crippen molar-refractivity contribution in [1.82, 2.24) is 15.1 Å². The lowest BCUT2D eigenvalue weighted by Gasteiger charge is -2.22. The topological polar surface area (TPSA) is 29.9 Å². The van der Waals surface area contributed by atoms with Gasteiger partial charge in [0.2, 0.25) is 0 Å². The zero-order valence-corrected chi connectivity index (χ0v) is 15.7. The van der Waals surface area contributed by atoms with E-state index in [9.17, 15) is 0 Å². The van der Waals surface area contributed by atoms with Crippen molar-refractivity contribution in [3.05, 3.63) is 16.4 Å². The summed E-state index contributed by atoms with van der Waals surface area (Å²) in [6, 6.07) is 0.808. The second-order valence-electron chi connectivity index (χ2n) is 6.13. The number of halogens is 1. The smallest absolute Gasteiger partial charge is 0.0698 e. The molecule has 0 radical (unpaired) electrons. The lowest BCUT2D eigenvalue weighted by molar-refractivity contribution is 0.412. The molecule has 0 saturated heterocycles. The number of hydrogen-bond acceptors (Lipinski definition) is 2. The molecular formula is C17H32BrN3. The lowest BCUT2D eigenvalue weighted by atomic mass is 10.0. The van der Waals surface area contributed by atoms with E-state index >= 15 is 0 Å². The van der Waals surface area contributed by atoms with Gasteiger partial charge in [0.05, 0.1) is 22.4 Å². The van der Waals surface area contributed by atoms with Crippen molar-refractivity contribution in [1.29, 1.82) is 0 Å². The van der Waals surface area contributed by atoms with Gasteiger partial charge in [-0.1, -0.05) is 46.0 Å². The van der Waals surface area contributed by atoms with Gasteiger partial charge in [-0.3, -0.25) is 4.68 Å². The fourth-order valence-electron chi connectivity index (χ4n) is 2.69.